The van der Waals surface area contributed by atoms with Crippen molar-refractivity contribution in [3.8, 4) is 5.75 Å². The van der Waals surface area contributed by atoms with Gasteiger partial charge < -0.3 is 9.84 Å². The minimum absolute atomic E-state index is 0.0744. The smallest absolute Gasteiger partial charge is 0.146 e. The van der Waals surface area contributed by atoms with E-state index in [4.69, 9.17) is 16.3 Å². The number of hydrogen-bond acceptors (Lipinski definition) is 5. The van der Waals surface area contributed by atoms with Crippen LogP contribution in [0, 0.1) is 11.6 Å². The lowest BCUT2D eigenvalue weighted by molar-refractivity contribution is -0.0298. The van der Waals surface area contributed by atoms with Crippen LogP contribution in [-0.4, -0.2) is 44.5 Å². The summed E-state index contributed by atoms with van der Waals surface area (Å²) in [6.45, 7) is 2.18. The molecule has 0 amide bonds. The van der Waals surface area contributed by atoms with Gasteiger partial charge in [-0.05, 0) is 53.4 Å². The van der Waals surface area contributed by atoms with Crippen molar-refractivity contribution in [3.05, 3.63) is 118 Å². The number of rotatable bonds is 9. The second-order valence-corrected chi connectivity index (χ2v) is 9.84. The molecule has 0 aliphatic carbocycles. The van der Waals surface area contributed by atoms with Gasteiger partial charge in [0.1, 0.15) is 42.2 Å². The van der Waals surface area contributed by atoms with E-state index in [2.05, 4.69) is 27.1 Å². The lowest BCUT2D eigenvalue weighted by Gasteiger charge is -2.30. The summed E-state index contributed by atoms with van der Waals surface area (Å²) in [4.78, 5) is 6.24. The van der Waals surface area contributed by atoms with Crippen molar-refractivity contribution in [1.82, 2.24) is 19.7 Å². The van der Waals surface area contributed by atoms with Crippen molar-refractivity contribution in [3.63, 3.8) is 0 Å². The van der Waals surface area contributed by atoms with Gasteiger partial charge in [0.15, 0.2) is 0 Å². The summed E-state index contributed by atoms with van der Waals surface area (Å²) in [6, 6.07) is 16.7. The molecule has 0 saturated carbocycles. The summed E-state index contributed by atoms with van der Waals surface area (Å²) in [5.41, 5.74) is 1.63. The fourth-order valence-electron chi connectivity index (χ4n) is 4.61. The molecule has 1 aliphatic heterocycles. The minimum Gasteiger partial charge on any atom is -0.490 e. The summed E-state index contributed by atoms with van der Waals surface area (Å²) in [5.74, 6) is -1.01. The van der Waals surface area contributed by atoms with E-state index < -0.39 is 17.2 Å². The zero-order valence-corrected chi connectivity index (χ0v) is 21.4. The number of nitrogens with zero attached hydrogens (tertiary/aromatic N) is 4. The van der Waals surface area contributed by atoms with Gasteiger partial charge in [-0.2, -0.15) is 5.10 Å². The summed E-state index contributed by atoms with van der Waals surface area (Å²) in [7, 11) is 0. The van der Waals surface area contributed by atoms with Gasteiger partial charge in [-0.25, -0.2) is 18.4 Å². The fourth-order valence-corrected chi connectivity index (χ4v) is 4.73. The first-order valence-electron chi connectivity index (χ1n) is 12.3. The van der Waals surface area contributed by atoms with Gasteiger partial charge in [0.2, 0.25) is 0 Å². The number of aromatic nitrogens is 3. The highest BCUT2D eigenvalue weighted by atomic mass is 35.5. The largest absolute Gasteiger partial charge is 0.490 e. The molecular weight excluding hydrogens is 510 g/mol. The van der Waals surface area contributed by atoms with E-state index in [1.807, 2.05) is 42.5 Å². The first-order valence-corrected chi connectivity index (χ1v) is 12.7. The van der Waals surface area contributed by atoms with E-state index in [-0.39, 0.29) is 18.7 Å². The molecule has 2 heterocycles. The Kier molecular flexibility index (Phi) is 7.83. The normalized spacial score (nSPS) is 15.4. The Labute approximate surface area is 224 Å². The number of hydrogen-bond donors (Lipinski definition) is 1. The maximum absolute atomic E-state index is 14.6. The molecule has 1 aliphatic rings. The van der Waals surface area contributed by atoms with Crippen LogP contribution in [-0.2, 0) is 25.1 Å². The van der Waals surface area contributed by atoms with E-state index in [1.54, 1.807) is 0 Å². The Morgan fingerprint density at radius 1 is 1.05 bits per heavy atom. The van der Waals surface area contributed by atoms with Crippen LogP contribution in [0.1, 0.15) is 22.3 Å². The van der Waals surface area contributed by atoms with Crippen LogP contribution >= 0.6 is 11.6 Å². The van der Waals surface area contributed by atoms with Gasteiger partial charge in [-0.15, -0.1) is 0 Å². The Balaban J connectivity index is 1.24. The van der Waals surface area contributed by atoms with Crippen molar-refractivity contribution in [2.75, 3.05) is 19.7 Å². The van der Waals surface area contributed by atoms with Gasteiger partial charge in [0.05, 0.1) is 6.54 Å². The average molecular weight is 537 g/mol. The standard InChI is InChI=1S/C29H27ClF2N4O2/c30-24-6-3-21(4-7-24)2-1-12-35-13-11-22-14-26(9-5-23(22)16-35)38-18-29(37,17-36-20-33-19-34-36)27-10-8-25(31)15-28(27)32/h1-10,14-15,19-20,37H,11-13,16-18H2. The summed E-state index contributed by atoms with van der Waals surface area (Å²) in [5, 5.41) is 16.2. The molecule has 4 aromatic rings. The maximum atomic E-state index is 14.6. The highest BCUT2D eigenvalue weighted by molar-refractivity contribution is 6.30. The van der Waals surface area contributed by atoms with Gasteiger partial charge in [0.25, 0.3) is 0 Å². The lowest BCUT2D eigenvalue weighted by atomic mass is 9.93. The molecule has 196 valence electrons. The molecule has 1 aromatic heterocycles. The molecule has 1 atom stereocenters. The SMILES string of the molecule is OC(COc1ccc2c(c1)CCN(CC=Cc1ccc(Cl)cc1)C2)(Cn1cncn1)c1ccc(F)cc1F. The van der Waals surface area contributed by atoms with Crippen molar-refractivity contribution in [2.24, 2.45) is 0 Å². The van der Waals surface area contributed by atoms with Gasteiger partial charge in [-0.3, -0.25) is 4.90 Å². The topological polar surface area (TPSA) is 63.4 Å². The molecule has 1 unspecified atom stereocenters. The molecule has 38 heavy (non-hydrogen) atoms. The fraction of sp³-hybridized carbons (Fsp3) is 0.241. The van der Waals surface area contributed by atoms with E-state index in [1.165, 1.54) is 34.5 Å². The first kappa shape index (κ1) is 26.0. The Hall–Kier alpha value is -3.59. The van der Waals surface area contributed by atoms with Crippen molar-refractivity contribution in [2.45, 2.75) is 25.1 Å². The molecule has 1 N–H and O–H groups in total. The van der Waals surface area contributed by atoms with E-state index in [0.29, 0.717) is 5.75 Å². The number of halogens is 3. The summed E-state index contributed by atoms with van der Waals surface area (Å²) < 4.78 is 35.5. The third-order valence-corrected chi connectivity index (χ3v) is 6.87. The van der Waals surface area contributed by atoms with Gasteiger partial charge >= 0.3 is 0 Å². The Morgan fingerprint density at radius 3 is 2.66 bits per heavy atom. The Morgan fingerprint density at radius 2 is 1.89 bits per heavy atom. The number of benzene rings is 3. The predicted octanol–water partition coefficient (Wildman–Crippen LogP) is 5.25. The second kappa shape index (κ2) is 11.4. The van der Waals surface area contributed by atoms with E-state index in [0.717, 1.165) is 48.8 Å². The second-order valence-electron chi connectivity index (χ2n) is 9.41. The molecule has 0 spiro atoms. The molecule has 6 nitrogen and oxygen atoms in total. The number of aliphatic hydroxyl groups is 1. The zero-order valence-electron chi connectivity index (χ0n) is 20.6. The van der Waals surface area contributed by atoms with E-state index in [9.17, 15) is 13.9 Å². The van der Waals surface area contributed by atoms with Crippen molar-refractivity contribution in [1.29, 1.82) is 0 Å². The van der Waals surface area contributed by atoms with Crippen molar-refractivity contribution < 1.29 is 18.6 Å². The predicted molar refractivity (Wildman–Crippen MR) is 142 cm³/mol. The third-order valence-electron chi connectivity index (χ3n) is 6.61. The minimum atomic E-state index is -1.80. The Bertz CT molecular complexity index is 1410. The van der Waals surface area contributed by atoms with Gasteiger partial charge in [-0.1, -0.05) is 48.0 Å². The zero-order chi connectivity index (χ0) is 26.5. The average Bonchev–Trinajstić information content (AvgIpc) is 3.41. The van der Waals surface area contributed by atoms with Gasteiger partial charge in [0, 0.05) is 36.3 Å². The monoisotopic (exact) mass is 536 g/mol. The first-order chi connectivity index (χ1) is 18.4. The van der Waals surface area contributed by atoms with Crippen LogP contribution in [0.5, 0.6) is 5.75 Å². The maximum Gasteiger partial charge on any atom is 0.146 e. The molecule has 0 radical (unpaired) electrons. The third kappa shape index (κ3) is 6.27. The van der Waals surface area contributed by atoms with Crippen LogP contribution < -0.4 is 4.74 Å². The number of ether oxygens (including phenoxy) is 1. The molecular formula is C29H27ClF2N4O2. The van der Waals surface area contributed by atoms with Crippen LogP contribution in [0.25, 0.3) is 6.08 Å². The van der Waals surface area contributed by atoms with Crippen LogP contribution in [0.4, 0.5) is 8.78 Å². The molecule has 0 fully saturated rings. The highest BCUT2D eigenvalue weighted by Gasteiger charge is 2.35. The molecule has 0 bridgehead atoms. The van der Waals surface area contributed by atoms with Crippen molar-refractivity contribution >= 4 is 17.7 Å². The van der Waals surface area contributed by atoms with Crippen LogP contribution in [0.3, 0.4) is 0 Å². The highest BCUT2D eigenvalue weighted by Crippen LogP contribution is 2.29. The number of fused-ring (bicyclic) bond motifs is 1. The van der Waals surface area contributed by atoms with Crippen LogP contribution in [0.15, 0.2) is 79.4 Å². The lowest BCUT2D eigenvalue weighted by Crippen LogP contribution is -2.39. The summed E-state index contributed by atoms with van der Waals surface area (Å²) in [6.07, 6.45) is 7.84. The molecule has 0 saturated heterocycles. The van der Waals surface area contributed by atoms with Crippen LogP contribution in [0.2, 0.25) is 5.02 Å². The van der Waals surface area contributed by atoms with E-state index >= 15 is 0 Å². The summed E-state index contributed by atoms with van der Waals surface area (Å²) >= 11 is 5.95. The molecule has 5 rings (SSSR count). The molecule has 9 heteroatoms. The quantitative estimate of drug-likeness (QED) is 0.317. The molecule has 3 aromatic carbocycles.